The first-order chi connectivity index (χ1) is 20.9. The Balaban J connectivity index is 0.00000276. The molecule has 2 aliphatic heterocycles. The minimum atomic E-state index is -0.734. The minimum absolute atomic E-state index is 0. The Morgan fingerprint density at radius 2 is 1.73 bits per heavy atom. The Bertz CT molecular complexity index is 1230. The zero-order chi connectivity index (χ0) is 30.2. The summed E-state index contributed by atoms with van der Waals surface area (Å²) in [5.41, 5.74) is 2.06. The van der Waals surface area contributed by atoms with Crippen LogP contribution in [0.2, 0.25) is 0 Å². The number of rotatable bonds is 11. The van der Waals surface area contributed by atoms with Crippen LogP contribution in [0.3, 0.4) is 0 Å². The number of pyridine rings is 1. The van der Waals surface area contributed by atoms with Crippen molar-refractivity contribution in [2.75, 3.05) is 33.2 Å². The molecule has 0 unspecified atom stereocenters. The molecular formula is C35H51Cl2N5O3. The van der Waals surface area contributed by atoms with Crippen LogP contribution >= 0.6 is 24.8 Å². The van der Waals surface area contributed by atoms with Crippen molar-refractivity contribution in [3.05, 3.63) is 65.5 Å². The molecule has 3 aliphatic rings. The molecule has 0 bridgehead atoms. The summed E-state index contributed by atoms with van der Waals surface area (Å²) in [6, 6.07) is 13.3. The van der Waals surface area contributed by atoms with Gasteiger partial charge in [0.15, 0.2) is 0 Å². The molecule has 5 rings (SSSR count). The maximum absolute atomic E-state index is 13.8. The molecule has 3 heterocycles. The van der Waals surface area contributed by atoms with Gasteiger partial charge >= 0.3 is 0 Å². The van der Waals surface area contributed by atoms with E-state index >= 15 is 0 Å². The van der Waals surface area contributed by atoms with Crippen LogP contribution in [-0.4, -0.2) is 82.2 Å². The molecule has 248 valence electrons. The zero-order valence-electron chi connectivity index (χ0n) is 26.9. The van der Waals surface area contributed by atoms with E-state index in [0.29, 0.717) is 37.4 Å². The van der Waals surface area contributed by atoms with Gasteiger partial charge < -0.3 is 15.1 Å². The first-order valence-electron chi connectivity index (χ1n) is 16.5. The van der Waals surface area contributed by atoms with Crippen molar-refractivity contribution in [3.63, 3.8) is 0 Å². The quantitative estimate of drug-likeness (QED) is 0.336. The van der Waals surface area contributed by atoms with E-state index < -0.39 is 5.54 Å². The Kier molecular flexibility index (Phi) is 14.1. The number of hydrogen-bond donors (Lipinski definition) is 1. The number of carbonyl (C=O) groups excluding carboxylic acids is 3. The van der Waals surface area contributed by atoms with Crippen molar-refractivity contribution in [2.24, 2.45) is 5.92 Å². The standard InChI is InChI=1S/C35H49N5O3.2ClH/c1-3-4-21-40-33(42)31(25-27-10-6-5-7-11-27)37-34(43)35(40)18-23-39(24-19-35)26-28-13-15-29(16-14-28)32(41)38(2)22-17-30-12-8-9-20-36-30;;/h8-9,12-16,20,27,31H,3-7,10-11,17-19,21-26H2,1-2H3,(H,37,43);2*1H/t31-;;/m0../s1. The van der Waals surface area contributed by atoms with Crippen molar-refractivity contribution in [1.29, 1.82) is 0 Å². The van der Waals surface area contributed by atoms with Gasteiger partial charge in [0.2, 0.25) is 11.8 Å². The Hall–Kier alpha value is -2.68. The number of nitrogens with one attached hydrogen (secondary N) is 1. The summed E-state index contributed by atoms with van der Waals surface area (Å²) in [5.74, 6) is 0.737. The molecule has 1 N–H and O–H groups in total. The second-order valence-corrected chi connectivity index (χ2v) is 12.9. The maximum Gasteiger partial charge on any atom is 0.253 e. The van der Waals surface area contributed by atoms with Gasteiger partial charge in [-0.05, 0) is 61.4 Å². The van der Waals surface area contributed by atoms with Gasteiger partial charge in [-0.25, -0.2) is 0 Å². The van der Waals surface area contributed by atoms with Crippen LogP contribution < -0.4 is 5.32 Å². The van der Waals surface area contributed by atoms with Gasteiger partial charge in [-0.3, -0.25) is 24.3 Å². The molecule has 1 aliphatic carbocycles. The lowest BCUT2D eigenvalue weighted by Gasteiger charge is -2.52. The first kappa shape index (κ1) is 36.8. The third kappa shape index (κ3) is 8.99. The molecule has 1 saturated carbocycles. The van der Waals surface area contributed by atoms with Crippen LogP contribution in [0.5, 0.6) is 0 Å². The number of piperidine rings is 1. The highest BCUT2D eigenvalue weighted by molar-refractivity contribution is 6.00. The lowest BCUT2D eigenvalue weighted by Crippen LogP contribution is -2.73. The van der Waals surface area contributed by atoms with E-state index in [9.17, 15) is 14.4 Å². The second-order valence-electron chi connectivity index (χ2n) is 12.9. The Morgan fingerprint density at radius 1 is 1.02 bits per heavy atom. The summed E-state index contributed by atoms with van der Waals surface area (Å²) >= 11 is 0. The largest absolute Gasteiger partial charge is 0.342 e. The molecule has 10 heteroatoms. The summed E-state index contributed by atoms with van der Waals surface area (Å²) in [6.45, 7) is 5.69. The number of likely N-dealkylation sites (tertiary alicyclic amines) is 1. The number of nitrogens with zero attached hydrogens (tertiary/aromatic N) is 4. The molecule has 1 aromatic heterocycles. The number of amides is 3. The average Bonchev–Trinajstić information content (AvgIpc) is 3.04. The first-order valence-corrected chi connectivity index (χ1v) is 16.5. The summed E-state index contributed by atoms with van der Waals surface area (Å²) in [6.07, 6.45) is 12.6. The number of likely N-dealkylation sites (N-methyl/N-ethyl adjacent to an activating group) is 1. The number of aromatic nitrogens is 1. The summed E-state index contributed by atoms with van der Waals surface area (Å²) < 4.78 is 0. The van der Waals surface area contributed by atoms with Gasteiger partial charge in [-0.1, -0.05) is 63.6 Å². The normalized spacial score (nSPS) is 20.2. The molecule has 0 radical (unpaired) electrons. The van der Waals surface area contributed by atoms with E-state index in [2.05, 4.69) is 22.1 Å². The van der Waals surface area contributed by atoms with Gasteiger partial charge in [0.25, 0.3) is 5.91 Å². The van der Waals surface area contributed by atoms with Crippen LogP contribution in [0, 0.1) is 5.92 Å². The highest BCUT2D eigenvalue weighted by atomic mass is 35.5. The van der Waals surface area contributed by atoms with E-state index in [-0.39, 0.29) is 48.6 Å². The highest BCUT2D eigenvalue weighted by Gasteiger charge is 2.53. The molecule has 2 saturated heterocycles. The third-order valence-electron chi connectivity index (χ3n) is 9.90. The molecule has 3 amide bonds. The molecule has 1 spiro atoms. The summed E-state index contributed by atoms with van der Waals surface area (Å²) in [7, 11) is 1.83. The fourth-order valence-electron chi connectivity index (χ4n) is 7.17. The van der Waals surface area contributed by atoms with Crippen LogP contribution in [0.15, 0.2) is 48.7 Å². The molecule has 1 atom stereocenters. The summed E-state index contributed by atoms with van der Waals surface area (Å²) in [5, 5.41) is 3.20. The number of halogens is 2. The zero-order valence-corrected chi connectivity index (χ0v) is 28.6. The van der Waals surface area contributed by atoms with Gasteiger partial charge in [-0.2, -0.15) is 0 Å². The van der Waals surface area contributed by atoms with Gasteiger partial charge in [-0.15, -0.1) is 24.8 Å². The molecule has 2 aromatic rings. The fraction of sp³-hybridized carbons (Fsp3) is 0.600. The second kappa shape index (κ2) is 17.3. The molecular weight excluding hydrogens is 609 g/mol. The Morgan fingerprint density at radius 3 is 2.38 bits per heavy atom. The molecule has 3 fully saturated rings. The number of hydrogen-bond acceptors (Lipinski definition) is 5. The highest BCUT2D eigenvalue weighted by Crippen LogP contribution is 2.36. The molecule has 8 nitrogen and oxygen atoms in total. The van der Waals surface area contributed by atoms with E-state index in [0.717, 1.165) is 56.6 Å². The number of carbonyl (C=O) groups is 3. The van der Waals surface area contributed by atoms with Gasteiger partial charge in [0.1, 0.15) is 11.6 Å². The van der Waals surface area contributed by atoms with E-state index in [1.54, 1.807) is 11.1 Å². The van der Waals surface area contributed by atoms with Crippen molar-refractivity contribution < 1.29 is 14.4 Å². The fourth-order valence-corrected chi connectivity index (χ4v) is 7.17. The molecule has 1 aromatic carbocycles. The van der Waals surface area contributed by atoms with E-state index in [1.807, 2.05) is 54.4 Å². The topological polar surface area (TPSA) is 85.8 Å². The van der Waals surface area contributed by atoms with Crippen LogP contribution in [-0.2, 0) is 22.6 Å². The van der Waals surface area contributed by atoms with Crippen molar-refractivity contribution >= 4 is 42.5 Å². The van der Waals surface area contributed by atoms with Crippen LogP contribution in [0.1, 0.15) is 92.7 Å². The smallest absolute Gasteiger partial charge is 0.253 e. The van der Waals surface area contributed by atoms with Crippen molar-refractivity contribution in [1.82, 2.24) is 25.0 Å². The predicted molar refractivity (Wildman–Crippen MR) is 183 cm³/mol. The SMILES string of the molecule is CCCCN1C(=O)[C@H](CC2CCCCC2)NC(=O)C12CCN(Cc1ccc(C(=O)N(C)CCc3ccccn3)cc1)CC2.Cl.Cl. The molecule has 45 heavy (non-hydrogen) atoms. The van der Waals surface area contributed by atoms with E-state index in [4.69, 9.17) is 0 Å². The summed E-state index contributed by atoms with van der Waals surface area (Å²) in [4.78, 5) is 50.9. The maximum atomic E-state index is 13.8. The lowest BCUT2D eigenvalue weighted by atomic mass is 9.79. The van der Waals surface area contributed by atoms with Gasteiger partial charge in [0, 0.05) is 63.6 Å². The number of unbranched alkanes of at least 4 members (excludes halogenated alkanes) is 1. The van der Waals surface area contributed by atoms with Gasteiger partial charge in [0.05, 0.1) is 0 Å². The predicted octanol–water partition coefficient (Wildman–Crippen LogP) is 5.67. The van der Waals surface area contributed by atoms with E-state index in [1.165, 1.54) is 32.1 Å². The monoisotopic (exact) mass is 659 g/mol. The Labute approximate surface area is 281 Å². The van der Waals surface area contributed by atoms with Crippen LogP contribution in [0.4, 0.5) is 0 Å². The average molecular weight is 661 g/mol. The van der Waals surface area contributed by atoms with Crippen molar-refractivity contribution in [2.45, 2.75) is 95.7 Å². The van der Waals surface area contributed by atoms with Crippen LogP contribution in [0.25, 0.3) is 0 Å². The lowest BCUT2D eigenvalue weighted by molar-refractivity contribution is -0.162. The van der Waals surface area contributed by atoms with Crippen molar-refractivity contribution in [3.8, 4) is 0 Å². The minimum Gasteiger partial charge on any atom is -0.342 e. The number of piperazine rings is 1. The third-order valence-corrected chi connectivity index (χ3v) is 9.90. The number of benzene rings is 1.